The van der Waals surface area contributed by atoms with Crippen LogP contribution in [-0.2, 0) is 17.8 Å². The highest BCUT2D eigenvalue weighted by molar-refractivity contribution is 5.79. The van der Waals surface area contributed by atoms with Crippen LogP contribution in [0.3, 0.4) is 0 Å². The maximum Gasteiger partial charge on any atom is 0.224 e. The van der Waals surface area contributed by atoms with E-state index >= 15 is 0 Å². The number of nitrogens with one attached hydrogen (secondary N) is 1. The molecule has 0 aliphatic rings. The molecule has 1 heterocycles. The van der Waals surface area contributed by atoms with E-state index in [1.165, 1.54) is 0 Å². The number of methoxy groups -OCH3 is 1. The molecule has 0 saturated carbocycles. The van der Waals surface area contributed by atoms with Gasteiger partial charge in [0.2, 0.25) is 5.91 Å². The summed E-state index contributed by atoms with van der Waals surface area (Å²) in [5.74, 6) is 2.28. The van der Waals surface area contributed by atoms with Crippen molar-refractivity contribution < 1.29 is 14.3 Å². The zero-order chi connectivity index (χ0) is 22.3. The van der Waals surface area contributed by atoms with E-state index in [0.29, 0.717) is 19.6 Å². The molecule has 1 amide bonds. The van der Waals surface area contributed by atoms with Crippen molar-refractivity contribution in [2.45, 2.75) is 25.9 Å². The quantitative estimate of drug-likeness (QED) is 0.424. The van der Waals surface area contributed by atoms with Crippen LogP contribution in [0.1, 0.15) is 24.4 Å². The summed E-state index contributed by atoms with van der Waals surface area (Å²) in [5, 5.41) is 3.09. The minimum atomic E-state index is -0.240. The zero-order valence-corrected chi connectivity index (χ0v) is 18.3. The van der Waals surface area contributed by atoms with Crippen molar-refractivity contribution in [1.29, 1.82) is 0 Å². The fourth-order valence-electron chi connectivity index (χ4n) is 3.74. The van der Waals surface area contributed by atoms with Crippen molar-refractivity contribution in [3.63, 3.8) is 0 Å². The number of para-hydroxylation sites is 2. The second-order valence-electron chi connectivity index (χ2n) is 7.59. The van der Waals surface area contributed by atoms with Crippen LogP contribution in [0.15, 0.2) is 78.9 Å². The highest BCUT2D eigenvalue weighted by Gasteiger charge is 2.18. The van der Waals surface area contributed by atoms with Gasteiger partial charge in [-0.3, -0.25) is 4.79 Å². The second-order valence-corrected chi connectivity index (χ2v) is 7.59. The van der Waals surface area contributed by atoms with Gasteiger partial charge >= 0.3 is 0 Å². The predicted molar refractivity (Wildman–Crippen MR) is 125 cm³/mol. The van der Waals surface area contributed by atoms with E-state index in [4.69, 9.17) is 14.5 Å². The third-order valence-corrected chi connectivity index (χ3v) is 5.28. The maximum absolute atomic E-state index is 12.6. The van der Waals surface area contributed by atoms with Gasteiger partial charge in [0.05, 0.1) is 37.2 Å². The smallest absolute Gasteiger partial charge is 0.224 e. The van der Waals surface area contributed by atoms with Gasteiger partial charge in [0.1, 0.15) is 23.9 Å². The standard InChI is InChI=1S/C26H27N3O3/c1-19(27-25(30)17-20-9-4-3-5-10-20)26-28-23-13-6-7-14-24(23)29(26)15-16-32-22-12-8-11-21(18-22)31-2/h3-14,18-19H,15-17H2,1-2H3,(H,27,30). The summed E-state index contributed by atoms with van der Waals surface area (Å²) >= 11 is 0. The molecular weight excluding hydrogens is 402 g/mol. The summed E-state index contributed by atoms with van der Waals surface area (Å²) in [5.41, 5.74) is 2.89. The number of fused-ring (bicyclic) bond motifs is 1. The lowest BCUT2D eigenvalue weighted by Gasteiger charge is -2.17. The number of imidazole rings is 1. The predicted octanol–water partition coefficient (Wildman–Crippen LogP) is 4.54. The Morgan fingerprint density at radius 2 is 1.75 bits per heavy atom. The third-order valence-electron chi connectivity index (χ3n) is 5.28. The summed E-state index contributed by atoms with van der Waals surface area (Å²) in [7, 11) is 1.64. The van der Waals surface area contributed by atoms with Crippen LogP contribution in [-0.4, -0.2) is 29.2 Å². The number of ether oxygens (including phenoxy) is 2. The van der Waals surface area contributed by atoms with Gasteiger partial charge in [-0.15, -0.1) is 0 Å². The molecule has 6 nitrogen and oxygen atoms in total. The van der Waals surface area contributed by atoms with Gasteiger partial charge in [0.15, 0.2) is 0 Å². The molecule has 0 radical (unpaired) electrons. The first-order valence-corrected chi connectivity index (χ1v) is 10.7. The molecule has 0 saturated heterocycles. The van der Waals surface area contributed by atoms with Crippen LogP contribution in [0, 0.1) is 0 Å². The molecule has 1 unspecified atom stereocenters. The molecule has 1 N–H and O–H groups in total. The van der Waals surface area contributed by atoms with E-state index in [1.54, 1.807) is 7.11 Å². The first kappa shape index (κ1) is 21.4. The number of hydrogen-bond donors (Lipinski definition) is 1. The molecule has 0 bridgehead atoms. The fraction of sp³-hybridized carbons (Fsp3) is 0.231. The maximum atomic E-state index is 12.6. The summed E-state index contributed by atoms with van der Waals surface area (Å²) in [6.07, 6.45) is 0.338. The first-order valence-electron chi connectivity index (χ1n) is 10.7. The molecule has 0 aliphatic heterocycles. The van der Waals surface area contributed by atoms with Crippen LogP contribution in [0.4, 0.5) is 0 Å². The van der Waals surface area contributed by atoms with Crippen LogP contribution in [0.5, 0.6) is 11.5 Å². The topological polar surface area (TPSA) is 65.4 Å². The first-order chi connectivity index (χ1) is 15.6. The summed E-state index contributed by atoms with van der Waals surface area (Å²) in [6, 6.07) is 25.0. The van der Waals surface area contributed by atoms with Crippen molar-refractivity contribution in [2.75, 3.05) is 13.7 Å². The Kier molecular flexibility index (Phi) is 6.70. The van der Waals surface area contributed by atoms with Crippen molar-refractivity contribution >= 4 is 16.9 Å². The minimum Gasteiger partial charge on any atom is -0.497 e. The average Bonchev–Trinajstić information content (AvgIpc) is 3.19. The zero-order valence-electron chi connectivity index (χ0n) is 18.3. The Labute approximate surface area is 187 Å². The van der Waals surface area contributed by atoms with Gasteiger partial charge in [-0.25, -0.2) is 4.98 Å². The summed E-state index contributed by atoms with van der Waals surface area (Å²) < 4.78 is 13.3. The number of rotatable bonds is 9. The highest BCUT2D eigenvalue weighted by Crippen LogP contribution is 2.22. The van der Waals surface area contributed by atoms with Crippen LogP contribution in [0.25, 0.3) is 11.0 Å². The van der Waals surface area contributed by atoms with Crippen LogP contribution in [0.2, 0.25) is 0 Å². The van der Waals surface area contributed by atoms with Gasteiger partial charge in [0, 0.05) is 6.07 Å². The number of amides is 1. The Hall–Kier alpha value is -3.80. The number of aromatic nitrogens is 2. The SMILES string of the molecule is COc1cccc(OCCn2c(C(C)NC(=O)Cc3ccccc3)nc3ccccc32)c1. The van der Waals surface area contributed by atoms with Gasteiger partial charge in [-0.05, 0) is 36.8 Å². The Balaban J connectivity index is 1.48. The van der Waals surface area contributed by atoms with Crippen molar-refractivity contribution in [2.24, 2.45) is 0 Å². The van der Waals surface area contributed by atoms with E-state index < -0.39 is 0 Å². The van der Waals surface area contributed by atoms with E-state index in [1.807, 2.05) is 85.8 Å². The van der Waals surface area contributed by atoms with Crippen molar-refractivity contribution in [3.8, 4) is 11.5 Å². The Morgan fingerprint density at radius 1 is 1.00 bits per heavy atom. The Bertz CT molecular complexity index is 1190. The van der Waals surface area contributed by atoms with E-state index in [9.17, 15) is 4.79 Å². The molecule has 6 heteroatoms. The second kappa shape index (κ2) is 10.0. The Morgan fingerprint density at radius 3 is 2.56 bits per heavy atom. The monoisotopic (exact) mass is 429 g/mol. The number of carbonyl (C=O) groups excluding carboxylic acids is 1. The number of nitrogens with zero attached hydrogens (tertiary/aromatic N) is 2. The molecule has 4 rings (SSSR count). The van der Waals surface area contributed by atoms with E-state index in [2.05, 4.69) is 9.88 Å². The van der Waals surface area contributed by atoms with Crippen molar-refractivity contribution in [3.05, 3.63) is 90.3 Å². The lowest BCUT2D eigenvalue weighted by atomic mass is 10.1. The van der Waals surface area contributed by atoms with Gasteiger partial charge in [-0.2, -0.15) is 0 Å². The number of benzene rings is 3. The lowest BCUT2D eigenvalue weighted by molar-refractivity contribution is -0.121. The highest BCUT2D eigenvalue weighted by atomic mass is 16.5. The van der Waals surface area contributed by atoms with Crippen LogP contribution >= 0.6 is 0 Å². The molecule has 1 atom stereocenters. The molecule has 1 aromatic heterocycles. The van der Waals surface area contributed by atoms with Crippen LogP contribution < -0.4 is 14.8 Å². The molecule has 32 heavy (non-hydrogen) atoms. The van der Waals surface area contributed by atoms with E-state index in [-0.39, 0.29) is 11.9 Å². The fourth-order valence-corrected chi connectivity index (χ4v) is 3.74. The van der Waals surface area contributed by atoms with Gasteiger partial charge in [-0.1, -0.05) is 48.5 Å². The minimum absolute atomic E-state index is 0.0325. The largest absolute Gasteiger partial charge is 0.497 e. The molecule has 3 aromatic carbocycles. The molecular formula is C26H27N3O3. The normalized spacial score (nSPS) is 11.8. The molecule has 4 aromatic rings. The molecule has 0 aliphatic carbocycles. The van der Waals surface area contributed by atoms with E-state index in [0.717, 1.165) is 33.9 Å². The molecule has 0 spiro atoms. The third kappa shape index (κ3) is 5.09. The summed E-state index contributed by atoms with van der Waals surface area (Å²) in [6.45, 7) is 3.03. The summed E-state index contributed by atoms with van der Waals surface area (Å²) in [4.78, 5) is 17.4. The number of carbonyl (C=O) groups is 1. The lowest BCUT2D eigenvalue weighted by Crippen LogP contribution is -2.30. The van der Waals surface area contributed by atoms with Crippen molar-refractivity contribution in [1.82, 2.24) is 14.9 Å². The average molecular weight is 430 g/mol. The molecule has 0 fully saturated rings. The molecule has 164 valence electrons. The van der Waals surface area contributed by atoms with Gasteiger partial charge < -0.3 is 19.4 Å². The van der Waals surface area contributed by atoms with Gasteiger partial charge in [0.25, 0.3) is 0 Å². The number of hydrogen-bond acceptors (Lipinski definition) is 4.